The van der Waals surface area contributed by atoms with Crippen LogP contribution in [-0.4, -0.2) is 29.5 Å². The van der Waals surface area contributed by atoms with E-state index in [9.17, 15) is 18.3 Å². The van der Waals surface area contributed by atoms with Crippen LogP contribution in [0.4, 0.5) is 13.2 Å². The third kappa shape index (κ3) is 5.03. The second-order valence-corrected chi connectivity index (χ2v) is 8.18. The molecule has 3 N–H and O–H groups in total. The number of nitrogens with two attached hydrogens (primary N) is 1. The molecule has 3 rings (SSSR count). The minimum Gasteiger partial charge on any atom is -0.491 e. The van der Waals surface area contributed by atoms with Gasteiger partial charge in [0.05, 0.1) is 5.56 Å². The first kappa shape index (κ1) is 21.5. The Kier molecular flexibility index (Phi) is 5.83. The molecule has 0 aliphatic carbocycles. The Hall–Kier alpha value is -2.25. The monoisotopic (exact) mass is 409 g/mol. The maximum atomic E-state index is 13.2. The van der Waals surface area contributed by atoms with Crippen molar-refractivity contribution in [2.45, 2.75) is 57.0 Å². The Bertz CT molecular complexity index is 865. The van der Waals surface area contributed by atoms with Crippen LogP contribution in [0.15, 0.2) is 42.5 Å². The number of benzene rings is 2. The summed E-state index contributed by atoms with van der Waals surface area (Å²) in [7, 11) is 0. The molecule has 0 radical (unpaired) electrons. The maximum Gasteiger partial charge on any atom is 0.416 e. The molecule has 158 valence electrons. The zero-order valence-electron chi connectivity index (χ0n) is 16.7. The summed E-state index contributed by atoms with van der Waals surface area (Å²) >= 11 is 0. The predicted molar refractivity (Wildman–Crippen MR) is 104 cm³/mol. The second-order valence-electron chi connectivity index (χ2n) is 8.18. The fraction of sp³-hybridized carbons (Fsp3) is 0.455. The van der Waals surface area contributed by atoms with Crippen molar-refractivity contribution in [3.8, 4) is 11.5 Å². The molecule has 3 atom stereocenters. The van der Waals surface area contributed by atoms with Crippen LogP contribution in [-0.2, 0) is 6.18 Å². The predicted octanol–water partition coefficient (Wildman–Crippen LogP) is 4.49. The fourth-order valence-electron chi connectivity index (χ4n) is 3.48. The van der Waals surface area contributed by atoms with E-state index in [-0.39, 0.29) is 12.5 Å². The number of hydrogen-bond donors (Lipinski definition) is 2. The molecule has 2 aromatic rings. The van der Waals surface area contributed by atoms with Gasteiger partial charge >= 0.3 is 6.18 Å². The molecule has 7 heteroatoms. The number of alkyl halides is 3. The minimum absolute atomic E-state index is 0.0386. The fourth-order valence-corrected chi connectivity index (χ4v) is 3.48. The van der Waals surface area contributed by atoms with Gasteiger partial charge in [-0.25, -0.2) is 0 Å². The topological polar surface area (TPSA) is 64.7 Å². The first-order valence-corrected chi connectivity index (χ1v) is 9.53. The molecule has 1 heterocycles. The van der Waals surface area contributed by atoms with Crippen LogP contribution in [0.25, 0.3) is 0 Å². The second kappa shape index (κ2) is 7.88. The van der Waals surface area contributed by atoms with Crippen LogP contribution >= 0.6 is 0 Å². The van der Waals surface area contributed by atoms with Crippen molar-refractivity contribution < 1.29 is 27.8 Å². The maximum absolute atomic E-state index is 13.2. The molecule has 4 nitrogen and oxygen atoms in total. The zero-order chi connectivity index (χ0) is 21.4. The SMILES string of the molecule is CC(N)C(O)COc1ccc2c(c1)OC(C)(C)CC2c1cccc(C(F)(F)F)c1. The number of rotatable bonds is 5. The summed E-state index contributed by atoms with van der Waals surface area (Å²) in [6.07, 6.45) is -4.65. The number of halogens is 3. The highest BCUT2D eigenvalue weighted by atomic mass is 19.4. The Labute approximate surface area is 168 Å². The average molecular weight is 409 g/mol. The van der Waals surface area contributed by atoms with Crippen molar-refractivity contribution in [2.75, 3.05) is 6.61 Å². The lowest BCUT2D eigenvalue weighted by molar-refractivity contribution is -0.137. The van der Waals surface area contributed by atoms with Crippen molar-refractivity contribution in [3.05, 3.63) is 59.2 Å². The van der Waals surface area contributed by atoms with Crippen molar-refractivity contribution in [2.24, 2.45) is 5.73 Å². The van der Waals surface area contributed by atoms with Crippen molar-refractivity contribution >= 4 is 0 Å². The number of ether oxygens (including phenoxy) is 2. The molecule has 0 saturated heterocycles. The van der Waals surface area contributed by atoms with Crippen LogP contribution in [0.1, 0.15) is 49.8 Å². The van der Waals surface area contributed by atoms with Gasteiger partial charge in [-0.1, -0.05) is 24.3 Å². The zero-order valence-corrected chi connectivity index (χ0v) is 16.7. The van der Waals surface area contributed by atoms with Gasteiger partial charge < -0.3 is 20.3 Å². The summed E-state index contributed by atoms with van der Waals surface area (Å²) in [6.45, 7) is 5.54. The quantitative estimate of drug-likeness (QED) is 0.764. The van der Waals surface area contributed by atoms with E-state index in [0.29, 0.717) is 23.5 Å². The van der Waals surface area contributed by atoms with Crippen molar-refractivity contribution in [1.82, 2.24) is 0 Å². The lowest BCUT2D eigenvalue weighted by atomic mass is 9.79. The van der Waals surface area contributed by atoms with Gasteiger partial charge in [0, 0.05) is 23.6 Å². The smallest absolute Gasteiger partial charge is 0.416 e. The van der Waals surface area contributed by atoms with Gasteiger partial charge in [0.15, 0.2) is 0 Å². The van der Waals surface area contributed by atoms with Crippen LogP contribution in [0.2, 0.25) is 0 Å². The molecular formula is C22H26F3NO3. The molecule has 2 aromatic carbocycles. The summed E-state index contributed by atoms with van der Waals surface area (Å²) < 4.78 is 51.2. The van der Waals surface area contributed by atoms with Crippen molar-refractivity contribution in [3.63, 3.8) is 0 Å². The normalized spacial score (nSPS) is 20.3. The van der Waals surface area contributed by atoms with E-state index in [1.165, 1.54) is 12.1 Å². The molecule has 0 aromatic heterocycles. The van der Waals surface area contributed by atoms with Gasteiger partial charge in [-0.2, -0.15) is 13.2 Å². The summed E-state index contributed by atoms with van der Waals surface area (Å²) in [5.74, 6) is 0.833. The molecule has 0 bridgehead atoms. The van der Waals surface area contributed by atoms with Crippen LogP contribution in [0.3, 0.4) is 0 Å². The average Bonchev–Trinajstić information content (AvgIpc) is 2.63. The molecule has 29 heavy (non-hydrogen) atoms. The van der Waals surface area contributed by atoms with Gasteiger partial charge in [-0.3, -0.25) is 0 Å². The lowest BCUT2D eigenvalue weighted by Crippen LogP contribution is -2.36. The van der Waals surface area contributed by atoms with E-state index in [1.807, 2.05) is 19.9 Å². The van der Waals surface area contributed by atoms with Crippen molar-refractivity contribution in [1.29, 1.82) is 0 Å². The molecule has 0 spiro atoms. The van der Waals surface area contributed by atoms with Gasteiger partial charge in [0.2, 0.25) is 0 Å². The van der Waals surface area contributed by atoms with Crippen LogP contribution in [0, 0.1) is 0 Å². The Balaban J connectivity index is 1.93. The van der Waals surface area contributed by atoms with Crippen LogP contribution < -0.4 is 15.2 Å². The Morgan fingerprint density at radius 1 is 1.24 bits per heavy atom. The van der Waals surface area contributed by atoms with E-state index in [1.54, 1.807) is 25.1 Å². The van der Waals surface area contributed by atoms with Gasteiger partial charge in [0.1, 0.15) is 29.8 Å². The summed E-state index contributed by atoms with van der Waals surface area (Å²) in [5.41, 5.74) is 5.82. The van der Waals surface area contributed by atoms with E-state index < -0.39 is 29.5 Å². The third-order valence-electron chi connectivity index (χ3n) is 5.09. The molecule has 1 aliphatic heterocycles. The largest absolute Gasteiger partial charge is 0.491 e. The van der Waals surface area contributed by atoms with Gasteiger partial charge in [-0.05, 0) is 44.9 Å². The van der Waals surface area contributed by atoms with Gasteiger partial charge in [-0.15, -0.1) is 0 Å². The molecule has 0 saturated carbocycles. The molecule has 3 unspecified atom stereocenters. The number of aliphatic hydroxyl groups is 1. The van der Waals surface area contributed by atoms with Gasteiger partial charge in [0.25, 0.3) is 0 Å². The number of aliphatic hydroxyl groups excluding tert-OH is 1. The van der Waals surface area contributed by atoms with Crippen LogP contribution in [0.5, 0.6) is 11.5 Å². The van der Waals surface area contributed by atoms with E-state index >= 15 is 0 Å². The standard InChI is InChI=1S/C22H26F3NO3/c1-13(26)19(27)12-28-16-7-8-17-18(11-21(2,3)29-20(17)10-16)14-5-4-6-15(9-14)22(23,24)25/h4-10,13,18-19,27H,11-12,26H2,1-3H3. The number of fused-ring (bicyclic) bond motifs is 1. The van der Waals surface area contributed by atoms with E-state index in [2.05, 4.69) is 0 Å². The first-order valence-electron chi connectivity index (χ1n) is 9.53. The summed E-state index contributed by atoms with van der Waals surface area (Å²) in [6, 6.07) is 10.3. The summed E-state index contributed by atoms with van der Waals surface area (Å²) in [4.78, 5) is 0. The minimum atomic E-state index is -4.39. The lowest BCUT2D eigenvalue weighted by Gasteiger charge is -2.38. The Morgan fingerprint density at radius 2 is 1.97 bits per heavy atom. The third-order valence-corrected chi connectivity index (χ3v) is 5.09. The molecule has 1 aliphatic rings. The number of hydrogen-bond acceptors (Lipinski definition) is 4. The Morgan fingerprint density at radius 3 is 2.62 bits per heavy atom. The highest BCUT2D eigenvalue weighted by molar-refractivity contribution is 5.49. The summed E-state index contributed by atoms with van der Waals surface area (Å²) in [5, 5.41) is 9.82. The molecular weight excluding hydrogens is 383 g/mol. The highest BCUT2D eigenvalue weighted by Gasteiger charge is 2.36. The van der Waals surface area contributed by atoms with E-state index in [4.69, 9.17) is 15.2 Å². The molecule has 0 fully saturated rings. The first-order chi connectivity index (χ1) is 13.5. The highest BCUT2D eigenvalue weighted by Crippen LogP contribution is 2.46. The molecule has 0 amide bonds. The van der Waals surface area contributed by atoms with E-state index in [0.717, 1.165) is 11.6 Å².